The van der Waals surface area contributed by atoms with E-state index in [2.05, 4.69) is 63.3 Å². The molecule has 2 aliphatic rings. The molecule has 0 N–H and O–H groups in total. The summed E-state index contributed by atoms with van der Waals surface area (Å²) < 4.78 is 0. The van der Waals surface area contributed by atoms with Gasteiger partial charge in [0.05, 0.1) is 0 Å². The molecule has 23 heavy (non-hydrogen) atoms. The van der Waals surface area contributed by atoms with Crippen molar-refractivity contribution in [2.24, 2.45) is 11.3 Å². The smallest absolute Gasteiger partial charge is 0.0159 e. The van der Waals surface area contributed by atoms with Crippen molar-refractivity contribution in [2.75, 3.05) is 46.3 Å². The van der Waals surface area contributed by atoms with Gasteiger partial charge in [-0.05, 0) is 78.4 Å². The zero-order valence-corrected chi connectivity index (χ0v) is 16.9. The highest BCUT2D eigenvalue weighted by molar-refractivity contribution is 4.94. The van der Waals surface area contributed by atoms with Gasteiger partial charge in [0, 0.05) is 37.8 Å². The molecule has 0 radical (unpaired) electrons. The number of piperidine rings is 1. The number of likely N-dealkylation sites (tertiary alicyclic amines) is 1. The van der Waals surface area contributed by atoms with Crippen LogP contribution in [0.5, 0.6) is 0 Å². The van der Waals surface area contributed by atoms with Crippen LogP contribution in [-0.4, -0.2) is 72.6 Å². The predicted molar refractivity (Wildman–Crippen MR) is 101 cm³/mol. The molecule has 2 fully saturated rings. The second-order valence-electron chi connectivity index (χ2n) is 9.67. The van der Waals surface area contributed by atoms with Crippen LogP contribution in [0, 0.1) is 11.3 Å². The number of rotatable bonds is 5. The van der Waals surface area contributed by atoms with Gasteiger partial charge in [-0.3, -0.25) is 9.80 Å². The highest BCUT2D eigenvalue weighted by Crippen LogP contribution is 2.42. The van der Waals surface area contributed by atoms with Crippen molar-refractivity contribution in [1.82, 2.24) is 14.7 Å². The molecule has 0 aromatic heterocycles. The Kier molecular flexibility index (Phi) is 6.19. The highest BCUT2D eigenvalue weighted by atomic mass is 15.3. The van der Waals surface area contributed by atoms with Gasteiger partial charge >= 0.3 is 0 Å². The SMILES string of the molecule is CC(C)N1CCN(C(C)(C)CC(C)(C)C2CCN(C)CC2)CC1. The predicted octanol–water partition coefficient (Wildman–Crippen LogP) is 3.55. The summed E-state index contributed by atoms with van der Waals surface area (Å²) in [5.41, 5.74) is 0.760. The lowest BCUT2D eigenvalue weighted by Gasteiger charge is -2.50. The normalized spacial score (nSPS) is 24.5. The molecule has 0 saturated carbocycles. The molecule has 0 aromatic carbocycles. The lowest BCUT2D eigenvalue weighted by molar-refractivity contribution is -0.00366. The third-order valence-corrected chi connectivity index (χ3v) is 6.61. The second kappa shape index (κ2) is 7.41. The van der Waals surface area contributed by atoms with Crippen LogP contribution >= 0.6 is 0 Å². The molecule has 136 valence electrons. The quantitative estimate of drug-likeness (QED) is 0.766. The Hall–Kier alpha value is -0.120. The summed E-state index contributed by atoms with van der Waals surface area (Å²) in [4.78, 5) is 7.86. The van der Waals surface area contributed by atoms with Crippen LogP contribution in [0.15, 0.2) is 0 Å². The van der Waals surface area contributed by atoms with Gasteiger partial charge in [-0.2, -0.15) is 0 Å². The van der Waals surface area contributed by atoms with E-state index in [1.54, 1.807) is 0 Å². The van der Waals surface area contributed by atoms with E-state index in [0.717, 1.165) is 5.92 Å². The van der Waals surface area contributed by atoms with E-state index in [0.29, 0.717) is 17.0 Å². The first-order chi connectivity index (χ1) is 10.6. The zero-order valence-electron chi connectivity index (χ0n) is 16.9. The minimum atomic E-state index is 0.315. The van der Waals surface area contributed by atoms with Crippen LogP contribution in [0.4, 0.5) is 0 Å². The summed E-state index contributed by atoms with van der Waals surface area (Å²) in [5.74, 6) is 0.884. The van der Waals surface area contributed by atoms with E-state index in [9.17, 15) is 0 Å². The van der Waals surface area contributed by atoms with Gasteiger partial charge in [0.15, 0.2) is 0 Å². The topological polar surface area (TPSA) is 9.72 Å². The molecule has 0 bridgehead atoms. The Morgan fingerprint density at radius 3 is 1.87 bits per heavy atom. The highest BCUT2D eigenvalue weighted by Gasteiger charge is 2.39. The molecule has 2 saturated heterocycles. The van der Waals surface area contributed by atoms with Crippen molar-refractivity contribution < 1.29 is 0 Å². The average Bonchev–Trinajstić information content (AvgIpc) is 2.46. The number of hydrogen-bond donors (Lipinski definition) is 0. The molecule has 0 aromatic rings. The van der Waals surface area contributed by atoms with E-state index in [1.165, 1.54) is 58.5 Å². The van der Waals surface area contributed by atoms with Crippen LogP contribution in [-0.2, 0) is 0 Å². The van der Waals surface area contributed by atoms with Gasteiger partial charge in [-0.1, -0.05) is 13.8 Å². The minimum Gasteiger partial charge on any atom is -0.306 e. The van der Waals surface area contributed by atoms with Crippen LogP contribution in [0.1, 0.15) is 60.8 Å². The summed E-state index contributed by atoms with van der Waals surface area (Å²) in [6.45, 7) is 22.1. The molecule has 2 rings (SSSR count). The van der Waals surface area contributed by atoms with Crippen molar-refractivity contribution in [3.8, 4) is 0 Å². The Balaban J connectivity index is 1.92. The van der Waals surface area contributed by atoms with Crippen LogP contribution < -0.4 is 0 Å². The maximum absolute atomic E-state index is 2.75. The maximum atomic E-state index is 2.75. The molecule has 3 heteroatoms. The fourth-order valence-electron chi connectivity index (χ4n) is 5.00. The van der Waals surface area contributed by atoms with Gasteiger partial charge in [0.1, 0.15) is 0 Å². The summed E-state index contributed by atoms with van der Waals surface area (Å²) in [5, 5.41) is 0. The van der Waals surface area contributed by atoms with E-state index in [1.807, 2.05) is 0 Å². The average molecular weight is 324 g/mol. The van der Waals surface area contributed by atoms with Crippen molar-refractivity contribution >= 4 is 0 Å². The first-order valence-electron chi connectivity index (χ1n) is 9.79. The Morgan fingerprint density at radius 2 is 1.39 bits per heavy atom. The molecule has 2 heterocycles. The minimum absolute atomic E-state index is 0.315. The molecule has 3 nitrogen and oxygen atoms in total. The third-order valence-electron chi connectivity index (χ3n) is 6.61. The molecular weight excluding hydrogens is 282 g/mol. The van der Waals surface area contributed by atoms with E-state index in [-0.39, 0.29) is 0 Å². The third kappa shape index (κ3) is 4.93. The van der Waals surface area contributed by atoms with Gasteiger partial charge in [-0.15, -0.1) is 0 Å². The molecule has 0 atom stereocenters. The van der Waals surface area contributed by atoms with E-state index in [4.69, 9.17) is 0 Å². The molecule has 0 unspecified atom stereocenters. The van der Waals surface area contributed by atoms with Crippen LogP contribution in [0.2, 0.25) is 0 Å². The first kappa shape index (κ1) is 19.2. The number of hydrogen-bond acceptors (Lipinski definition) is 3. The monoisotopic (exact) mass is 323 g/mol. The first-order valence-corrected chi connectivity index (χ1v) is 9.79. The Bertz CT molecular complexity index is 359. The van der Waals surface area contributed by atoms with Crippen LogP contribution in [0.25, 0.3) is 0 Å². The molecule has 0 amide bonds. The lowest BCUT2D eigenvalue weighted by Crippen LogP contribution is -2.57. The van der Waals surface area contributed by atoms with E-state index < -0.39 is 0 Å². The zero-order chi connectivity index (χ0) is 17.3. The van der Waals surface area contributed by atoms with Crippen molar-refractivity contribution in [3.05, 3.63) is 0 Å². The summed E-state index contributed by atoms with van der Waals surface area (Å²) >= 11 is 0. The van der Waals surface area contributed by atoms with Gasteiger partial charge < -0.3 is 4.90 Å². The Morgan fingerprint density at radius 1 is 0.870 bits per heavy atom. The molecule has 0 spiro atoms. The van der Waals surface area contributed by atoms with Crippen molar-refractivity contribution in [3.63, 3.8) is 0 Å². The molecule has 2 aliphatic heterocycles. The number of piperazine rings is 1. The summed E-state index contributed by atoms with van der Waals surface area (Å²) in [6, 6.07) is 0.691. The summed E-state index contributed by atoms with van der Waals surface area (Å²) in [6.07, 6.45) is 4.07. The van der Waals surface area contributed by atoms with Crippen molar-refractivity contribution in [2.45, 2.75) is 72.4 Å². The van der Waals surface area contributed by atoms with Gasteiger partial charge in [0.25, 0.3) is 0 Å². The Labute approximate surface area is 145 Å². The fourth-order valence-corrected chi connectivity index (χ4v) is 5.00. The molecule has 0 aliphatic carbocycles. The fraction of sp³-hybridized carbons (Fsp3) is 1.00. The van der Waals surface area contributed by atoms with Crippen molar-refractivity contribution in [1.29, 1.82) is 0 Å². The molecular formula is C20H41N3. The lowest BCUT2D eigenvalue weighted by atomic mass is 9.67. The van der Waals surface area contributed by atoms with Gasteiger partial charge in [-0.25, -0.2) is 0 Å². The maximum Gasteiger partial charge on any atom is 0.0159 e. The summed E-state index contributed by atoms with van der Waals surface area (Å²) in [7, 11) is 2.27. The standard InChI is InChI=1S/C20H41N3/c1-17(2)22-12-14-23(15-13-22)20(5,6)16-19(3,4)18-8-10-21(7)11-9-18/h17-18H,8-16H2,1-7H3. The van der Waals surface area contributed by atoms with Crippen LogP contribution in [0.3, 0.4) is 0 Å². The second-order valence-corrected chi connectivity index (χ2v) is 9.67. The van der Waals surface area contributed by atoms with Gasteiger partial charge in [0.2, 0.25) is 0 Å². The largest absolute Gasteiger partial charge is 0.306 e. The number of nitrogens with zero attached hydrogens (tertiary/aromatic N) is 3. The van der Waals surface area contributed by atoms with E-state index >= 15 is 0 Å².